The minimum absolute atomic E-state index is 0.603. The molecule has 6 nitrogen and oxygen atoms in total. The topological polar surface area (TPSA) is 107 Å². The predicted molar refractivity (Wildman–Crippen MR) is 47.6 cm³/mol. The first-order valence-corrected chi connectivity index (χ1v) is 5.51. The Morgan fingerprint density at radius 2 is 1.86 bits per heavy atom. The Labute approximate surface area is 81.8 Å². The Hall–Kier alpha value is -0.165. The van der Waals surface area contributed by atoms with Crippen LogP contribution in [0.2, 0.25) is 0 Å². The van der Waals surface area contributed by atoms with Gasteiger partial charge in [-0.05, 0) is 6.08 Å². The van der Waals surface area contributed by atoms with Gasteiger partial charge in [0, 0.05) is 11.8 Å². The van der Waals surface area contributed by atoms with E-state index in [9.17, 15) is 9.67 Å². The van der Waals surface area contributed by atoms with E-state index >= 15 is 0 Å². The van der Waals surface area contributed by atoms with Crippen LogP contribution in [0.4, 0.5) is 0 Å². The minimum Gasteiger partial charge on any atom is -0.388 e. The van der Waals surface area contributed by atoms with Gasteiger partial charge in [-0.3, -0.25) is 4.57 Å². The SMILES string of the molecule is [B]C1OC(/C=C/P(=O)(O)O)C(O)C1O. The first-order valence-electron chi connectivity index (χ1n) is 3.83. The number of ether oxygens (including phenoxy) is 1. The largest absolute Gasteiger partial charge is 0.388 e. The van der Waals surface area contributed by atoms with Gasteiger partial charge in [0.1, 0.15) is 26.2 Å². The standard InChI is InChI=1S/C6H10BO6P/c7-6-5(9)4(8)3(13-6)1-2-14(10,11)12/h1-6,8-9H,(H2,10,11,12)/b2-1+. The number of aliphatic hydroxyl groups excluding tert-OH is 2. The van der Waals surface area contributed by atoms with E-state index in [1.54, 1.807) is 0 Å². The third kappa shape index (κ3) is 2.91. The monoisotopic (exact) mass is 220 g/mol. The Morgan fingerprint density at radius 1 is 1.29 bits per heavy atom. The number of hydrogen-bond donors (Lipinski definition) is 4. The van der Waals surface area contributed by atoms with E-state index < -0.39 is 31.9 Å². The van der Waals surface area contributed by atoms with Crippen molar-refractivity contribution in [1.29, 1.82) is 0 Å². The molecule has 8 heteroatoms. The molecule has 0 spiro atoms. The lowest BCUT2D eigenvalue weighted by atomic mass is 9.93. The van der Waals surface area contributed by atoms with Crippen molar-refractivity contribution in [2.24, 2.45) is 0 Å². The fraction of sp³-hybridized carbons (Fsp3) is 0.667. The quantitative estimate of drug-likeness (QED) is 0.326. The van der Waals surface area contributed by atoms with Crippen LogP contribution in [0.25, 0.3) is 0 Å². The summed E-state index contributed by atoms with van der Waals surface area (Å²) < 4.78 is 15.3. The summed E-state index contributed by atoms with van der Waals surface area (Å²) >= 11 is 0. The van der Waals surface area contributed by atoms with Crippen molar-refractivity contribution in [3.05, 3.63) is 11.9 Å². The second-order valence-electron chi connectivity index (χ2n) is 2.98. The van der Waals surface area contributed by atoms with E-state index in [1.165, 1.54) is 0 Å². The van der Waals surface area contributed by atoms with Crippen LogP contribution in [0.1, 0.15) is 0 Å². The lowest BCUT2D eigenvalue weighted by molar-refractivity contribution is 0.0413. The Kier molecular flexibility index (Phi) is 3.52. The Bertz CT molecular complexity index is 275. The zero-order valence-corrected chi connectivity index (χ0v) is 7.99. The molecule has 4 atom stereocenters. The molecule has 0 aromatic carbocycles. The van der Waals surface area contributed by atoms with E-state index in [2.05, 4.69) is 0 Å². The van der Waals surface area contributed by atoms with E-state index in [1.807, 2.05) is 0 Å². The maximum Gasteiger partial charge on any atom is 0.348 e. The average Bonchev–Trinajstić information content (AvgIpc) is 2.28. The third-order valence-electron chi connectivity index (χ3n) is 1.81. The second kappa shape index (κ2) is 4.14. The molecule has 4 unspecified atom stereocenters. The van der Waals surface area contributed by atoms with Crippen molar-refractivity contribution in [3.8, 4) is 0 Å². The van der Waals surface area contributed by atoms with Crippen molar-refractivity contribution in [3.63, 3.8) is 0 Å². The van der Waals surface area contributed by atoms with Crippen molar-refractivity contribution >= 4 is 15.4 Å². The van der Waals surface area contributed by atoms with E-state index in [0.717, 1.165) is 6.08 Å². The van der Waals surface area contributed by atoms with E-state index in [4.69, 9.17) is 27.5 Å². The summed E-state index contributed by atoms with van der Waals surface area (Å²) in [6, 6.07) is -1.04. The molecule has 1 heterocycles. The summed E-state index contributed by atoms with van der Waals surface area (Å²) in [6.07, 6.45) is -2.52. The van der Waals surface area contributed by atoms with Gasteiger partial charge in [-0.2, -0.15) is 0 Å². The van der Waals surface area contributed by atoms with Gasteiger partial charge in [-0.1, -0.05) is 0 Å². The minimum atomic E-state index is -4.28. The molecule has 14 heavy (non-hydrogen) atoms. The highest BCUT2D eigenvalue weighted by Crippen LogP contribution is 2.37. The van der Waals surface area contributed by atoms with Crippen LogP contribution in [-0.2, 0) is 9.30 Å². The Morgan fingerprint density at radius 3 is 2.21 bits per heavy atom. The van der Waals surface area contributed by atoms with E-state index in [-0.39, 0.29) is 0 Å². The van der Waals surface area contributed by atoms with Gasteiger partial charge in [0.05, 0.1) is 0 Å². The summed E-state index contributed by atoms with van der Waals surface area (Å²) in [4.78, 5) is 17.0. The van der Waals surface area contributed by atoms with Gasteiger partial charge in [-0.15, -0.1) is 0 Å². The molecule has 4 N–H and O–H groups in total. The highest BCUT2D eigenvalue weighted by atomic mass is 31.2. The molecular weight excluding hydrogens is 210 g/mol. The molecule has 0 aromatic rings. The van der Waals surface area contributed by atoms with Gasteiger partial charge in [0.25, 0.3) is 0 Å². The second-order valence-corrected chi connectivity index (χ2v) is 4.45. The van der Waals surface area contributed by atoms with Gasteiger partial charge >= 0.3 is 7.60 Å². The first-order chi connectivity index (χ1) is 6.31. The summed E-state index contributed by atoms with van der Waals surface area (Å²) in [6.45, 7) is 0. The van der Waals surface area contributed by atoms with E-state index in [0.29, 0.717) is 5.82 Å². The van der Waals surface area contributed by atoms with Crippen molar-refractivity contribution in [2.75, 3.05) is 0 Å². The maximum atomic E-state index is 10.4. The van der Waals surface area contributed by atoms with Crippen LogP contribution in [0.5, 0.6) is 0 Å². The van der Waals surface area contributed by atoms with Crippen LogP contribution in [0.15, 0.2) is 11.9 Å². The molecule has 0 amide bonds. The van der Waals surface area contributed by atoms with Crippen LogP contribution < -0.4 is 0 Å². The molecule has 78 valence electrons. The fourth-order valence-electron chi connectivity index (χ4n) is 1.09. The zero-order valence-electron chi connectivity index (χ0n) is 7.09. The summed E-state index contributed by atoms with van der Waals surface area (Å²) in [7, 11) is 0.960. The van der Waals surface area contributed by atoms with Crippen LogP contribution in [-0.4, -0.2) is 52.2 Å². The van der Waals surface area contributed by atoms with Crippen molar-refractivity contribution < 1.29 is 29.3 Å². The molecule has 0 aromatic heterocycles. The highest BCUT2D eigenvalue weighted by Gasteiger charge is 2.38. The highest BCUT2D eigenvalue weighted by molar-refractivity contribution is 7.55. The molecule has 1 aliphatic rings. The molecule has 0 saturated carbocycles. The molecular formula is C6H10BO6P. The third-order valence-corrected chi connectivity index (χ3v) is 2.37. The maximum absolute atomic E-state index is 10.4. The predicted octanol–water partition coefficient (Wildman–Crippen LogP) is -1.71. The van der Waals surface area contributed by atoms with Gasteiger partial charge in [-0.25, -0.2) is 0 Å². The molecule has 2 radical (unpaired) electrons. The summed E-state index contributed by atoms with van der Waals surface area (Å²) in [5, 5.41) is 18.4. The summed E-state index contributed by atoms with van der Waals surface area (Å²) in [5.41, 5.74) is 0. The number of hydrogen-bond acceptors (Lipinski definition) is 4. The molecule has 0 aliphatic carbocycles. The average molecular weight is 220 g/mol. The van der Waals surface area contributed by atoms with Crippen LogP contribution in [0, 0.1) is 0 Å². The number of rotatable bonds is 2. The van der Waals surface area contributed by atoms with Crippen LogP contribution in [0.3, 0.4) is 0 Å². The first kappa shape index (κ1) is 11.9. The Balaban J connectivity index is 2.64. The molecule has 1 rings (SSSR count). The normalized spacial score (nSPS) is 39.4. The van der Waals surface area contributed by atoms with Gasteiger partial charge < -0.3 is 24.7 Å². The molecule has 1 aliphatic heterocycles. The van der Waals surface area contributed by atoms with Gasteiger partial charge in [0.15, 0.2) is 0 Å². The van der Waals surface area contributed by atoms with Crippen molar-refractivity contribution in [1.82, 2.24) is 0 Å². The summed E-state index contributed by atoms with van der Waals surface area (Å²) in [5.74, 6) is 0.603. The lowest BCUT2D eigenvalue weighted by Gasteiger charge is -2.10. The zero-order chi connectivity index (χ0) is 10.9. The number of aliphatic hydroxyl groups is 2. The smallest absolute Gasteiger partial charge is 0.348 e. The fourth-order valence-corrected chi connectivity index (χ4v) is 1.48. The van der Waals surface area contributed by atoms with Crippen molar-refractivity contribution in [2.45, 2.75) is 24.3 Å². The molecule has 0 bridgehead atoms. The molecule has 1 saturated heterocycles. The molecule has 1 fully saturated rings. The lowest BCUT2D eigenvalue weighted by Crippen LogP contribution is -2.31. The van der Waals surface area contributed by atoms with Crippen LogP contribution >= 0.6 is 7.60 Å². The van der Waals surface area contributed by atoms with Gasteiger partial charge in [0.2, 0.25) is 0 Å².